The number of esters is 1. The average molecular weight is 230 g/mol. The molecule has 0 spiro atoms. The van der Waals surface area contributed by atoms with Crippen LogP contribution in [-0.4, -0.2) is 62.1 Å². The molecule has 0 aliphatic rings. The summed E-state index contributed by atoms with van der Waals surface area (Å²) in [5.41, 5.74) is 0. The van der Waals surface area contributed by atoms with E-state index in [1.54, 1.807) is 0 Å². The van der Waals surface area contributed by atoms with Crippen molar-refractivity contribution in [2.24, 2.45) is 0 Å². The Morgan fingerprint density at radius 1 is 1.19 bits per heavy atom. The maximum Gasteiger partial charge on any atom is 0.323 e. The van der Waals surface area contributed by atoms with Gasteiger partial charge in [0, 0.05) is 13.1 Å². The molecule has 0 aliphatic carbocycles. The van der Waals surface area contributed by atoms with Crippen LogP contribution >= 0.6 is 0 Å². The molecule has 0 aromatic heterocycles. The first kappa shape index (κ1) is 15.4. The van der Waals surface area contributed by atoms with Gasteiger partial charge < -0.3 is 9.64 Å². The van der Waals surface area contributed by atoms with Crippen molar-refractivity contribution >= 4 is 5.97 Å². The summed E-state index contributed by atoms with van der Waals surface area (Å²) in [5, 5.41) is 0. The number of carbonyl (C=O) groups excluding carboxylic acids is 1. The van der Waals surface area contributed by atoms with Crippen molar-refractivity contribution in [1.29, 1.82) is 0 Å². The first-order valence-corrected chi connectivity index (χ1v) is 6.08. The summed E-state index contributed by atoms with van der Waals surface area (Å²) >= 11 is 0. The van der Waals surface area contributed by atoms with Crippen LogP contribution in [0.5, 0.6) is 0 Å². The normalized spacial score (nSPS) is 13.2. The Labute approximate surface area is 99.5 Å². The number of hydrogen-bond acceptors (Lipinski definition) is 4. The lowest BCUT2D eigenvalue weighted by Gasteiger charge is -2.28. The topological polar surface area (TPSA) is 32.8 Å². The van der Waals surface area contributed by atoms with Crippen molar-refractivity contribution in [2.45, 2.75) is 33.2 Å². The van der Waals surface area contributed by atoms with Gasteiger partial charge >= 0.3 is 5.97 Å². The second-order valence-corrected chi connectivity index (χ2v) is 4.27. The first-order chi connectivity index (χ1) is 7.52. The quantitative estimate of drug-likeness (QED) is 0.587. The molecule has 0 aliphatic heterocycles. The summed E-state index contributed by atoms with van der Waals surface area (Å²) in [6, 6.07) is -0.139. The van der Waals surface area contributed by atoms with Crippen LogP contribution in [0.2, 0.25) is 0 Å². The van der Waals surface area contributed by atoms with Crippen LogP contribution in [0.1, 0.15) is 27.2 Å². The van der Waals surface area contributed by atoms with E-state index in [9.17, 15) is 4.79 Å². The second-order valence-electron chi connectivity index (χ2n) is 4.27. The molecule has 0 radical (unpaired) electrons. The molecule has 0 amide bonds. The molecule has 0 fully saturated rings. The Kier molecular flexibility index (Phi) is 8.21. The standard InChI is InChI=1S/C12H26N2O2/c1-6-8-14(10-9-13(4)5)11(3)12(15)16-7-2/h11H,6-10H2,1-5H3. The molecule has 4 nitrogen and oxygen atoms in total. The van der Waals surface area contributed by atoms with Crippen molar-refractivity contribution in [3.05, 3.63) is 0 Å². The molecule has 96 valence electrons. The predicted octanol–water partition coefficient (Wildman–Crippen LogP) is 1.21. The number of carbonyl (C=O) groups is 1. The molecule has 1 atom stereocenters. The third-order valence-corrected chi connectivity index (χ3v) is 2.52. The summed E-state index contributed by atoms with van der Waals surface area (Å²) < 4.78 is 5.04. The summed E-state index contributed by atoms with van der Waals surface area (Å²) in [6.45, 7) is 9.15. The smallest absolute Gasteiger partial charge is 0.323 e. The largest absolute Gasteiger partial charge is 0.465 e. The van der Waals surface area contributed by atoms with Gasteiger partial charge in [-0.15, -0.1) is 0 Å². The van der Waals surface area contributed by atoms with E-state index < -0.39 is 0 Å². The number of nitrogens with zero attached hydrogens (tertiary/aromatic N) is 2. The SMILES string of the molecule is CCCN(CCN(C)C)C(C)C(=O)OCC. The minimum atomic E-state index is -0.139. The van der Waals surface area contributed by atoms with Crippen LogP contribution in [0.4, 0.5) is 0 Å². The Bertz CT molecular complexity index is 195. The van der Waals surface area contributed by atoms with Gasteiger partial charge in [-0.25, -0.2) is 0 Å². The maximum absolute atomic E-state index is 11.6. The molecular formula is C12H26N2O2. The lowest BCUT2D eigenvalue weighted by Crippen LogP contribution is -2.43. The highest BCUT2D eigenvalue weighted by Gasteiger charge is 2.21. The molecule has 0 N–H and O–H groups in total. The zero-order valence-electron chi connectivity index (χ0n) is 11.3. The number of hydrogen-bond donors (Lipinski definition) is 0. The summed E-state index contributed by atoms with van der Waals surface area (Å²) in [7, 11) is 4.08. The Hall–Kier alpha value is -0.610. The Balaban J connectivity index is 4.21. The van der Waals surface area contributed by atoms with Gasteiger partial charge in [-0.2, -0.15) is 0 Å². The molecular weight excluding hydrogens is 204 g/mol. The van der Waals surface area contributed by atoms with Crippen LogP contribution in [0.15, 0.2) is 0 Å². The maximum atomic E-state index is 11.6. The van der Waals surface area contributed by atoms with E-state index >= 15 is 0 Å². The minimum absolute atomic E-state index is 0.116. The van der Waals surface area contributed by atoms with Crippen molar-refractivity contribution in [3.8, 4) is 0 Å². The van der Waals surface area contributed by atoms with E-state index in [2.05, 4.69) is 16.7 Å². The minimum Gasteiger partial charge on any atom is -0.465 e. The highest BCUT2D eigenvalue weighted by Crippen LogP contribution is 2.03. The molecule has 0 saturated heterocycles. The Morgan fingerprint density at radius 3 is 2.25 bits per heavy atom. The zero-order valence-corrected chi connectivity index (χ0v) is 11.3. The second kappa shape index (κ2) is 8.53. The molecule has 0 bridgehead atoms. The Morgan fingerprint density at radius 2 is 1.81 bits per heavy atom. The molecule has 0 heterocycles. The fraction of sp³-hybridized carbons (Fsp3) is 0.917. The van der Waals surface area contributed by atoms with Crippen LogP contribution in [0, 0.1) is 0 Å². The molecule has 16 heavy (non-hydrogen) atoms. The summed E-state index contributed by atoms with van der Waals surface area (Å²) in [6.07, 6.45) is 1.05. The number of likely N-dealkylation sites (N-methyl/N-ethyl adjacent to an activating group) is 1. The van der Waals surface area contributed by atoms with E-state index in [1.807, 2.05) is 27.9 Å². The van der Waals surface area contributed by atoms with Crippen molar-refractivity contribution < 1.29 is 9.53 Å². The van der Waals surface area contributed by atoms with Gasteiger partial charge in [0.25, 0.3) is 0 Å². The van der Waals surface area contributed by atoms with Gasteiger partial charge in [0.05, 0.1) is 6.61 Å². The lowest BCUT2D eigenvalue weighted by molar-refractivity contribution is -0.148. The predicted molar refractivity (Wildman–Crippen MR) is 66.5 cm³/mol. The van der Waals surface area contributed by atoms with Crippen LogP contribution in [0.3, 0.4) is 0 Å². The van der Waals surface area contributed by atoms with E-state index in [4.69, 9.17) is 4.74 Å². The van der Waals surface area contributed by atoms with Crippen LogP contribution in [-0.2, 0) is 9.53 Å². The van der Waals surface area contributed by atoms with Crippen molar-refractivity contribution in [3.63, 3.8) is 0 Å². The first-order valence-electron chi connectivity index (χ1n) is 6.08. The van der Waals surface area contributed by atoms with Gasteiger partial charge in [0.15, 0.2) is 0 Å². The van der Waals surface area contributed by atoms with Crippen molar-refractivity contribution in [2.75, 3.05) is 40.3 Å². The van der Waals surface area contributed by atoms with Gasteiger partial charge in [-0.05, 0) is 40.9 Å². The highest BCUT2D eigenvalue weighted by atomic mass is 16.5. The molecule has 0 aromatic rings. The van der Waals surface area contributed by atoms with Gasteiger partial charge in [-0.1, -0.05) is 6.92 Å². The zero-order chi connectivity index (χ0) is 12.6. The van der Waals surface area contributed by atoms with E-state index in [0.29, 0.717) is 6.61 Å². The van der Waals surface area contributed by atoms with Crippen LogP contribution < -0.4 is 0 Å². The fourth-order valence-electron chi connectivity index (χ4n) is 1.53. The number of ether oxygens (including phenoxy) is 1. The molecule has 1 unspecified atom stereocenters. The molecule has 0 saturated carbocycles. The van der Waals surface area contributed by atoms with E-state index in [0.717, 1.165) is 26.1 Å². The van der Waals surface area contributed by atoms with Crippen molar-refractivity contribution in [1.82, 2.24) is 9.80 Å². The fourth-order valence-corrected chi connectivity index (χ4v) is 1.53. The van der Waals surface area contributed by atoms with E-state index in [-0.39, 0.29) is 12.0 Å². The lowest BCUT2D eigenvalue weighted by atomic mass is 10.2. The molecule has 4 heteroatoms. The van der Waals surface area contributed by atoms with E-state index in [1.165, 1.54) is 0 Å². The monoisotopic (exact) mass is 230 g/mol. The van der Waals surface area contributed by atoms with Gasteiger partial charge in [0.2, 0.25) is 0 Å². The van der Waals surface area contributed by atoms with Gasteiger partial charge in [-0.3, -0.25) is 9.69 Å². The summed E-state index contributed by atoms with van der Waals surface area (Å²) in [4.78, 5) is 15.9. The average Bonchev–Trinajstić information content (AvgIpc) is 2.23. The number of rotatable bonds is 8. The molecule has 0 aromatic carbocycles. The third kappa shape index (κ3) is 6.08. The summed E-state index contributed by atoms with van der Waals surface area (Å²) in [5.74, 6) is -0.116. The molecule has 0 rings (SSSR count). The van der Waals surface area contributed by atoms with Crippen LogP contribution in [0.25, 0.3) is 0 Å². The highest BCUT2D eigenvalue weighted by molar-refractivity contribution is 5.75. The third-order valence-electron chi connectivity index (χ3n) is 2.52. The van der Waals surface area contributed by atoms with Gasteiger partial charge in [0.1, 0.15) is 6.04 Å².